The van der Waals surface area contributed by atoms with E-state index in [0.29, 0.717) is 5.02 Å². The second kappa shape index (κ2) is 5.19. The lowest BCUT2D eigenvalue weighted by Crippen LogP contribution is -2.05. The number of rotatable bonds is 3. The molecule has 0 aliphatic carbocycles. The Kier molecular flexibility index (Phi) is 3.64. The molecule has 0 saturated heterocycles. The van der Waals surface area contributed by atoms with Gasteiger partial charge in [-0.2, -0.15) is 0 Å². The van der Waals surface area contributed by atoms with Gasteiger partial charge in [-0.25, -0.2) is 0 Å². The molecule has 0 radical (unpaired) electrons. The number of ether oxygens (including phenoxy) is 1. The van der Waals surface area contributed by atoms with Gasteiger partial charge in [-0.3, -0.25) is 4.98 Å². The summed E-state index contributed by atoms with van der Waals surface area (Å²) >= 11 is 5.90. The normalized spacial score (nSPS) is 12.2. The van der Waals surface area contributed by atoms with Gasteiger partial charge < -0.3 is 4.74 Å². The highest BCUT2D eigenvalue weighted by Gasteiger charge is 2.08. The second-order valence-corrected chi connectivity index (χ2v) is 4.36. The van der Waals surface area contributed by atoms with Crippen LogP contribution >= 0.6 is 11.6 Å². The standard InChI is InChI=1S/C14H14ClNO/c1-10-5-3-8-14(16-10)11(2)17-13-7-4-6-12(15)9-13/h3-9,11H,1-2H3. The van der Waals surface area contributed by atoms with Gasteiger partial charge >= 0.3 is 0 Å². The van der Waals surface area contributed by atoms with Crippen LogP contribution in [0.2, 0.25) is 5.02 Å². The predicted octanol–water partition coefficient (Wildman–Crippen LogP) is 4.18. The van der Waals surface area contributed by atoms with Crippen LogP contribution in [0, 0.1) is 6.92 Å². The van der Waals surface area contributed by atoms with E-state index >= 15 is 0 Å². The van der Waals surface area contributed by atoms with E-state index in [1.54, 1.807) is 6.07 Å². The summed E-state index contributed by atoms with van der Waals surface area (Å²) in [7, 11) is 0. The third kappa shape index (κ3) is 3.21. The fourth-order valence-corrected chi connectivity index (χ4v) is 1.78. The Morgan fingerprint density at radius 2 is 1.94 bits per heavy atom. The first kappa shape index (κ1) is 11.9. The van der Waals surface area contributed by atoms with Crippen molar-refractivity contribution in [3.05, 3.63) is 58.9 Å². The van der Waals surface area contributed by atoms with E-state index in [1.165, 1.54) is 0 Å². The summed E-state index contributed by atoms with van der Waals surface area (Å²) < 4.78 is 5.79. The zero-order valence-electron chi connectivity index (χ0n) is 9.85. The summed E-state index contributed by atoms with van der Waals surface area (Å²) in [5.41, 5.74) is 1.91. The molecule has 1 aromatic carbocycles. The summed E-state index contributed by atoms with van der Waals surface area (Å²) in [6.07, 6.45) is -0.0895. The molecule has 0 fully saturated rings. The van der Waals surface area contributed by atoms with Crippen LogP contribution in [0.15, 0.2) is 42.5 Å². The van der Waals surface area contributed by atoms with Crippen molar-refractivity contribution in [2.24, 2.45) is 0 Å². The lowest BCUT2D eigenvalue weighted by molar-refractivity contribution is 0.222. The molecule has 0 aliphatic heterocycles. The monoisotopic (exact) mass is 247 g/mol. The summed E-state index contributed by atoms with van der Waals surface area (Å²) in [5, 5.41) is 0.673. The van der Waals surface area contributed by atoms with E-state index in [-0.39, 0.29) is 6.10 Å². The first-order valence-corrected chi connectivity index (χ1v) is 5.89. The van der Waals surface area contributed by atoms with Gasteiger partial charge in [0.25, 0.3) is 0 Å². The molecule has 0 amide bonds. The number of aromatic nitrogens is 1. The van der Waals surface area contributed by atoms with Crippen LogP contribution in [0.3, 0.4) is 0 Å². The zero-order chi connectivity index (χ0) is 12.3. The van der Waals surface area contributed by atoms with Gasteiger partial charge in [0.15, 0.2) is 0 Å². The Balaban J connectivity index is 2.14. The van der Waals surface area contributed by atoms with Crippen LogP contribution in [0.1, 0.15) is 24.4 Å². The van der Waals surface area contributed by atoms with E-state index in [9.17, 15) is 0 Å². The second-order valence-electron chi connectivity index (χ2n) is 3.92. The molecule has 0 aliphatic rings. The molecule has 1 aromatic heterocycles. The molecule has 2 nitrogen and oxygen atoms in total. The number of halogens is 1. The third-order valence-corrected chi connectivity index (χ3v) is 2.67. The number of benzene rings is 1. The van der Waals surface area contributed by atoms with E-state index in [0.717, 1.165) is 17.1 Å². The largest absolute Gasteiger partial charge is 0.484 e. The van der Waals surface area contributed by atoms with Crippen LogP contribution in [-0.2, 0) is 0 Å². The summed E-state index contributed by atoms with van der Waals surface area (Å²) in [5.74, 6) is 0.758. The van der Waals surface area contributed by atoms with Crippen molar-refractivity contribution in [1.29, 1.82) is 0 Å². The van der Waals surface area contributed by atoms with Crippen LogP contribution < -0.4 is 4.74 Å². The number of nitrogens with zero attached hydrogens (tertiary/aromatic N) is 1. The zero-order valence-corrected chi connectivity index (χ0v) is 10.6. The van der Waals surface area contributed by atoms with Crippen LogP contribution in [-0.4, -0.2) is 4.98 Å². The van der Waals surface area contributed by atoms with Crippen molar-refractivity contribution in [3.63, 3.8) is 0 Å². The average molecular weight is 248 g/mol. The van der Waals surface area contributed by atoms with E-state index in [1.807, 2.05) is 50.2 Å². The van der Waals surface area contributed by atoms with Crippen molar-refractivity contribution < 1.29 is 4.74 Å². The molecule has 1 heterocycles. The van der Waals surface area contributed by atoms with Crippen molar-refractivity contribution in [3.8, 4) is 5.75 Å². The minimum absolute atomic E-state index is 0.0895. The quantitative estimate of drug-likeness (QED) is 0.812. The Morgan fingerprint density at radius 3 is 2.65 bits per heavy atom. The molecule has 0 spiro atoms. The van der Waals surface area contributed by atoms with Gasteiger partial charge in [0, 0.05) is 10.7 Å². The fourth-order valence-electron chi connectivity index (χ4n) is 1.60. The fraction of sp³-hybridized carbons (Fsp3) is 0.214. The summed E-state index contributed by atoms with van der Waals surface area (Å²) in [6, 6.07) is 13.3. The van der Waals surface area contributed by atoms with E-state index in [4.69, 9.17) is 16.3 Å². The van der Waals surface area contributed by atoms with Crippen LogP contribution in [0.5, 0.6) is 5.75 Å². The maximum absolute atomic E-state index is 5.90. The Labute approximate surface area is 106 Å². The van der Waals surface area contributed by atoms with Gasteiger partial charge in [-0.15, -0.1) is 0 Å². The van der Waals surface area contributed by atoms with Crippen molar-refractivity contribution in [1.82, 2.24) is 4.98 Å². The number of hydrogen-bond acceptors (Lipinski definition) is 2. The van der Waals surface area contributed by atoms with Crippen molar-refractivity contribution in [2.45, 2.75) is 20.0 Å². The van der Waals surface area contributed by atoms with Crippen molar-refractivity contribution in [2.75, 3.05) is 0 Å². The Morgan fingerprint density at radius 1 is 1.18 bits per heavy atom. The van der Waals surface area contributed by atoms with Gasteiger partial charge in [-0.05, 0) is 44.2 Å². The number of aryl methyl sites for hydroxylation is 1. The number of pyridine rings is 1. The first-order valence-electron chi connectivity index (χ1n) is 5.51. The van der Waals surface area contributed by atoms with Gasteiger partial charge in [-0.1, -0.05) is 23.7 Å². The van der Waals surface area contributed by atoms with Crippen LogP contribution in [0.4, 0.5) is 0 Å². The molecule has 2 rings (SSSR count). The predicted molar refractivity (Wildman–Crippen MR) is 69.5 cm³/mol. The molecular formula is C14H14ClNO. The maximum atomic E-state index is 5.90. The Bertz CT molecular complexity index is 513. The Hall–Kier alpha value is -1.54. The molecule has 3 heteroatoms. The molecule has 0 bridgehead atoms. The summed E-state index contributed by atoms with van der Waals surface area (Å²) in [4.78, 5) is 4.43. The lowest BCUT2D eigenvalue weighted by atomic mass is 10.2. The summed E-state index contributed by atoms with van der Waals surface area (Å²) in [6.45, 7) is 3.94. The molecular weight excluding hydrogens is 234 g/mol. The van der Waals surface area contributed by atoms with E-state index < -0.39 is 0 Å². The molecule has 0 saturated carbocycles. The third-order valence-electron chi connectivity index (χ3n) is 2.44. The SMILES string of the molecule is Cc1cccc(C(C)Oc2cccc(Cl)c2)n1. The molecule has 1 unspecified atom stereocenters. The smallest absolute Gasteiger partial charge is 0.138 e. The number of hydrogen-bond donors (Lipinski definition) is 0. The molecule has 2 aromatic rings. The minimum Gasteiger partial charge on any atom is -0.484 e. The molecule has 0 N–H and O–H groups in total. The van der Waals surface area contributed by atoms with E-state index in [2.05, 4.69) is 4.98 Å². The highest BCUT2D eigenvalue weighted by Crippen LogP contribution is 2.23. The molecule has 88 valence electrons. The maximum Gasteiger partial charge on any atom is 0.138 e. The molecule has 17 heavy (non-hydrogen) atoms. The van der Waals surface area contributed by atoms with Gasteiger partial charge in [0.05, 0.1) is 5.69 Å². The van der Waals surface area contributed by atoms with Gasteiger partial charge in [0.2, 0.25) is 0 Å². The highest BCUT2D eigenvalue weighted by atomic mass is 35.5. The molecule has 1 atom stereocenters. The topological polar surface area (TPSA) is 22.1 Å². The highest BCUT2D eigenvalue weighted by molar-refractivity contribution is 6.30. The average Bonchev–Trinajstić information content (AvgIpc) is 2.29. The van der Waals surface area contributed by atoms with Crippen LogP contribution in [0.25, 0.3) is 0 Å². The van der Waals surface area contributed by atoms with Crippen molar-refractivity contribution >= 4 is 11.6 Å². The first-order chi connectivity index (χ1) is 8.15. The van der Waals surface area contributed by atoms with Gasteiger partial charge in [0.1, 0.15) is 11.9 Å². The lowest BCUT2D eigenvalue weighted by Gasteiger charge is -2.14. The minimum atomic E-state index is -0.0895.